The average molecular weight is 328 g/mol. The molecule has 0 radical (unpaired) electrons. The Kier molecular flexibility index (Phi) is 3.83. The number of amides is 1. The molecular formula is C18H20N2O2S. The van der Waals surface area contributed by atoms with E-state index in [1.54, 1.807) is 7.11 Å². The van der Waals surface area contributed by atoms with E-state index in [1.807, 2.05) is 36.4 Å². The molecule has 0 saturated carbocycles. The van der Waals surface area contributed by atoms with Crippen molar-refractivity contribution in [1.29, 1.82) is 0 Å². The molecule has 4 rings (SSSR count). The Morgan fingerprint density at radius 2 is 2.13 bits per heavy atom. The van der Waals surface area contributed by atoms with E-state index in [2.05, 4.69) is 10.6 Å². The van der Waals surface area contributed by atoms with Crippen LogP contribution in [-0.2, 0) is 0 Å². The van der Waals surface area contributed by atoms with Crippen LogP contribution in [-0.4, -0.2) is 31.1 Å². The van der Waals surface area contributed by atoms with Crippen molar-refractivity contribution in [3.8, 4) is 16.2 Å². The second-order valence-electron chi connectivity index (χ2n) is 6.24. The molecular weight excluding hydrogens is 308 g/mol. The number of carbonyl (C=O) groups excluding carboxylic acids is 1. The topological polar surface area (TPSA) is 50.4 Å². The van der Waals surface area contributed by atoms with Crippen LogP contribution >= 0.6 is 11.3 Å². The monoisotopic (exact) mass is 328 g/mol. The Morgan fingerprint density at radius 1 is 1.30 bits per heavy atom. The largest absolute Gasteiger partial charge is 0.495 e. The van der Waals surface area contributed by atoms with E-state index in [9.17, 15) is 4.79 Å². The van der Waals surface area contributed by atoms with Gasteiger partial charge in [0.25, 0.3) is 5.91 Å². The summed E-state index contributed by atoms with van der Waals surface area (Å²) < 4.78 is 5.47. The Labute approximate surface area is 139 Å². The zero-order valence-corrected chi connectivity index (χ0v) is 13.9. The number of rotatable bonds is 4. The molecule has 2 saturated heterocycles. The van der Waals surface area contributed by atoms with E-state index in [0.717, 1.165) is 22.6 Å². The fourth-order valence-corrected chi connectivity index (χ4v) is 4.69. The molecule has 0 aliphatic carbocycles. The molecule has 3 atom stereocenters. The summed E-state index contributed by atoms with van der Waals surface area (Å²) in [6.45, 7) is 0. The lowest BCUT2D eigenvalue weighted by atomic mass is 9.95. The summed E-state index contributed by atoms with van der Waals surface area (Å²) in [6.07, 6.45) is 3.45. The third-order valence-corrected chi connectivity index (χ3v) is 5.96. The molecule has 0 spiro atoms. The number of thiophene rings is 1. The number of nitrogens with one attached hydrogen (secondary N) is 2. The van der Waals surface area contributed by atoms with Gasteiger partial charge in [0.1, 0.15) is 5.75 Å². The molecule has 2 aliphatic heterocycles. The quantitative estimate of drug-likeness (QED) is 0.907. The number of methoxy groups -OCH3 is 1. The second kappa shape index (κ2) is 5.98. The van der Waals surface area contributed by atoms with E-state index < -0.39 is 0 Å². The molecule has 2 N–H and O–H groups in total. The number of fused-ring (bicyclic) bond motifs is 2. The number of hydrogen-bond acceptors (Lipinski definition) is 4. The molecule has 5 heteroatoms. The molecule has 0 unspecified atom stereocenters. The van der Waals surface area contributed by atoms with Gasteiger partial charge in [-0.1, -0.05) is 30.3 Å². The molecule has 1 amide bonds. The summed E-state index contributed by atoms with van der Waals surface area (Å²) in [6, 6.07) is 13.2. The summed E-state index contributed by atoms with van der Waals surface area (Å²) in [7, 11) is 1.65. The van der Waals surface area contributed by atoms with E-state index in [0.29, 0.717) is 17.0 Å². The van der Waals surface area contributed by atoms with Gasteiger partial charge in [0, 0.05) is 24.2 Å². The zero-order valence-electron chi connectivity index (χ0n) is 13.0. The van der Waals surface area contributed by atoms with Crippen LogP contribution in [0.15, 0.2) is 36.4 Å². The van der Waals surface area contributed by atoms with Gasteiger partial charge in [-0.05, 0) is 24.8 Å². The van der Waals surface area contributed by atoms with E-state index in [-0.39, 0.29) is 11.9 Å². The minimum absolute atomic E-state index is 0.00910. The van der Waals surface area contributed by atoms with Crippen molar-refractivity contribution in [1.82, 2.24) is 10.6 Å². The maximum absolute atomic E-state index is 12.6. The van der Waals surface area contributed by atoms with Crippen LogP contribution < -0.4 is 15.4 Å². The van der Waals surface area contributed by atoms with Crippen LogP contribution in [0.5, 0.6) is 5.75 Å². The van der Waals surface area contributed by atoms with Gasteiger partial charge in [-0.3, -0.25) is 4.79 Å². The highest BCUT2D eigenvalue weighted by molar-refractivity contribution is 7.17. The zero-order chi connectivity index (χ0) is 15.8. The molecule has 120 valence electrons. The summed E-state index contributed by atoms with van der Waals surface area (Å²) in [5.74, 6) is 0.771. The van der Waals surface area contributed by atoms with Crippen molar-refractivity contribution in [2.75, 3.05) is 7.11 Å². The van der Waals surface area contributed by atoms with Crippen LogP contribution in [0.25, 0.3) is 10.4 Å². The minimum atomic E-state index is 0.00910. The first-order valence-electron chi connectivity index (χ1n) is 8.05. The van der Waals surface area contributed by atoms with Crippen LogP contribution in [0.3, 0.4) is 0 Å². The lowest BCUT2D eigenvalue weighted by Gasteiger charge is -2.20. The molecule has 1 aromatic carbocycles. The first-order chi connectivity index (χ1) is 11.2. The first-order valence-corrected chi connectivity index (χ1v) is 8.86. The summed E-state index contributed by atoms with van der Waals surface area (Å²) in [5.41, 5.74) is 1.08. The van der Waals surface area contributed by atoms with Crippen LogP contribution in [0.4, 0.5) is 0 Å². The lowest BCUT2D eigenvalue weighted by molar-refractivity contribution is 0.0935. The van der Waals surface area contributed by atoms with E-state index in [4.69, 9.17) is 4.74 Å². The highest BCUT2D eigenvalue weighted by atomic mass is 32.1. The molecule has 2 aromatic rings. The minimum Gasteiger partial charge on any atom is -0.495 e. The number of ether oxygens (including phenoxy) is 1. The van der Waals surface area contributed by atoms with Gasteiger partial charge in [-0.2, -0.15) is 0 Å². The van der Waals surface area contributed by atoms with Crippen LogP contribution in [0.2, 0.25) is 0 Å². The Morgan fingerprint density at radius 3 is 2.78 bits per heavy atom. The number of hydrogen-bond donors (Lipinski definition) is 2. The lowest BCUT2D eigenvalue weighted by Crippen LogP contribution is -2.42. The van der Waals surface area contributed by atoms with Crippen molar-refractivity contribution < 1.29 is 9.53 Å². The maximum Gasteiger partial charge on any atom is 0.261 e. The highest BCUT2D eigenvalue weighted by Crippen LogP contribution is 2.38. The third kappa shape index (κ3) is 2.75. The van der Waals surface area contributed by atoms with Gasteiger partial charge in [-0.15, -0.1) is 11.3 Å². The average Bonchev–Trinajstić information content (AvgIpc) is 3.30. The predicted molar refractivity (Wildman–Crippen MR) is 92.1 cm³/mol. The summed E-state index contributed by atoms with van der Waals surface area (Å²) >= 11 is 1.49. The van der Waals surface area contributed by atoms with Gasteiger partial charge in [0.05, 0.1) is 16.9 Å². The van der Waals surface area contributed by atoms with Gasteiger partial charge in [-0.25, -0.2) is 0 Å². The Hall–Kier alpha value is -1.85. The van der Waals surface area contributed by atoms with Gasteiger partial charge in [0.2, 0.25) is 0 Å². The van der Waals surface area contributed by atoms with Gasteiger partial charge in [0.15, 0.2) is 0 Å². The highest BCUT2D eigenvalue weighted by Gasteiger charge is 2.39. The molecule has 2 aliphatic rings. The molecule has 3 heterocycles. The molecule has 2 fully saturated rings. The third-order valence-electron chi connectivity index (χ3n) is 4.79. The van der Waals surface area contributed by atoms with Crippen molar-refractivity contribution in [2.45, 2.75) is 37.4 Å². The molecule has 4 nitrogen and oxygen atoms in total. The van der Waals surface area contributed by atoms with Gasteiger partial charge < -0.3 is 15.4 Å². The van der Waals surface area contributed by atoms with Gasteiger partial charge >= 0.3 is 0 Å². The SMILES string of the molecule is COc1cc(C(=O)N[C@@H]2C[C@H]3CC[C@@H]2N3)sc1-c1ccccc1. The normalized spacial score (nSPS) is 25.5. The molecule has 23 heavy (non-hydrogen) atoms. The van der Waals surface area contributed by atoms with E-state index in [1.165, 1.54) is 24.2 Å². The maximum atomic E-state index is 12.6. The van der Waals surface area contributed by atoms with Crippen molar-refractivity contribution in [2.24, 2.45) is 0 Å². The van der Waals surface area contributed by atoms with Crippen molar-refractivity contribution >= 4 is 17.2 Å². The van der Waals surface area contributed by atoms with Crippen molar-refractivity contribution in [3.63, 3.8) is 0 Å². The Bertz CT molecular complexity index is 713. The second-order valence-corrected chi connectivity index (χ2v) is 7.29. The number of benzene rings is 1. The Balaban J connectivity index is 1.55. The number of carbonyl (C=O) groups is 1. The smallest absolute Gasteiger partial charge is 0.261 e. The molecule has 1 aromatic heterocycles. The van der Waals surface area contributed by atoms with Crippen LogP contribution in [0, 0.1) is 0 Å². The first kappa shape index (κ1) is 14.7. The van der Waals surface area contributed by atoms with Crippen molar-refractivity contribution in [3.05, 3.63) is 41.3 Å². The fourth-order valence-electron chi connectivity index (χ4n) is 3.65. The molecule has 2 bridgehead atoms. The van der Waals surface area contributed by atoms with Crippen LogP contribution in [0.1, 0.15) is 28.9 Å². The van der Waals surface area contributed by atoms with E-state index >= 15 is 0 Å². The predicted octanol–water partition coefficient (Wildman–Crippen LogP) is 3.05. The summed E-state index contributed by atoms with van der Waals surface area (Å²) in [4.78, 5) is 14.3. The summed E-state index contributed by atoms with van der Waals surface area (Å²) in [5, 5.41) is 6.75. The fraction of sp³-hybridized carbons (Fsp3) is 0.389. The standard InChI is InChI=1S/C18H20N2O2S/c1-22-15-10-16(23-17(15)11-5-3-2-4-6-11)18(21)20-14-9-12-7-8-13(14)19-12/h2-6,10,12-14,19H,7-9H2,1H3,(H,20,21)/t12-,13+,14-/m1/s1.